The highest BCUT2D eigenvalue weighted by Gasteiger charge is 2.19. The standard InChI is InChI=1S/C34H21NO2/c1-2-9-24(10-3-1)35(29-13-8-16-32-34(29)27-12-5-7-15-31(27)36-32)25-18-17-22-20-28-26-11-4-6-14-30(26)37-33(28)21-23(22)19-25/h1-21H. The van der Waals surface area contributed by atoms with Crippen molar-refractivity contribution in [1.82, 2.24) is 0 Å². The van der Waals surface area contributed by atoms with Crippen molar-refractivity contribution < 1.29 is 8.83 Å². The molecule has 6 aromatic carbocycles. The van der Waals surface area contributed by atoms with E-state index in [2.05, 4.69) is 95.9 Å². The van der Waals surface area contributed by atoms with Crippen LogP contribution in [-0.2, 0) is 0 Å². The predicted molar refractivity (Wildman–Crippen MR) is 153 cm³/mol. The summed E-state index contributed by atoms with van der Waals surface area (Å²) in [6.07, 6.45) is 0. The maximum Gasteiger partial charge on any atom is 0.137 e. The van der Waals surface area contributed by atoms with E-state index < -0.39 is 0 Å². The van der Waals surface area contributed by atoms with Gasteiger partial charge in [0.2, 0.25) is 0 Å². The summed E-state index contributed by atoms with van der Waals surface area (Å²) >= 11 is 0. The van der Waals surface area contributed by atoms with Crippen molar-refractivity contribution in [3.63, 3.8) is 0 Å². The van der Waals surface area contributed by atoms with Crippen LogP contribution in [0.5, 0.6) is 0 Å². The fourth-order valence-electron chi connectivity index (χ4n) is 5.54. The second kappa shape index (κ2) is 7.74. The molecule has 3 nitrogen and oxygen atoms in total. The molecule has 2 aromatic heterocycles. The molecule has 0 atom stereocenters. The molecule has 0 aliphatic rings. The molecule has 2 heterocycles. The Kier molecular flexibility index (Phi) is 4.23. The number of benzene rings is 6. The highest BCUT2D eigenvalue weighted by Crippen LogP contribution is 2.43. The minimum absolute atomic E-state index is 0.879. The van der Waals surface area contributed by atoms with E-state index in [9.17, 15) is 0 Å². The van der Waals surface area contributed by atoms with E-state index in [0.29, 0.717) is 0 Å². The first-order valence-corrected chi connectivity index (χ1v) is 12.4. The van der Waals surface area contributed by atoms with Crippen LogP contribution < -0.4 is 4.90 Å². The molecule has 0 unspecified atom stereocenters. The van der Waals surface area contributed by atoms with Crippen LogP contribution in [0.3, 0.4) is 0 Å². The summed E-state index contributed by atoms with van der Waals surface area (Å²) in [6.45, 7) is 0. The molecule has 0 saturated heterocycles. The lowest BCUT2D eigenvalue weighted by Crippen LogP contribution is -2.10. The molecule has 0 fully saturated rings. The second-order valence-electron chi connectivity index (χ2n) is 9.40. The highest BCUT2D eigenvalue weighted by molar-refractivity contribution is 6.14. The minimum atomic E-state index is 0.879. The van der Waals surface area contributed by atoms with Gasteiger partial charge in [0.1, 0.15) is 22.3 Å². The van der Waals surface area contributed by atoms with Crippen molar-refractivity contribution in [2.45, 2.75) is 0 Å². The quantitative estimate of drug-likeness (QED) is 0.255. The van der Waals surface area contributed by atoms with Gasteiger partial charge in [0.25, 0.3) is 0 Å². The van der Waals surface area contributed by atoms with Gasteiger partial charge in [-0.2, -0.15) is 0 Å². The maximum atomic E-state index is 6.22. The van der Waals surface area contributed by atoms with Crippen LogP contribution in [0.25, 0.3) is 54.6 Å². The number of hydrogen-bond acceptors (Lipinski definition) is 3. The largest absolute Gasteiger partial charge is 0.456 e. The summed E-state index contributed by atoms with van der Waals surface area (Å²) in [5.74, 6) is 0. The van der Waals surface area contributed by atoms with Crippen molar-refractivity contribution in [3.05, 3.63) is 127 Å². The molecule has 0 saturated carbocycles. The smallest absolute Gasteiger partial charge is 0.137 e. The first-order chi connectivity index (χ1) is 18.3. The summed E-state index contributed by atoms with van der Waals surface area (Å²) in [4.78, 5) is 2.31. The van der Waals surface area contributed by atoms with Crippen molar-refractivity contribution in [1.29, 1.82) is 0 Å². The molecule has 3 heteroatoms. The van der Waals surface area contributed by atoms with Gasteiger partial charge in [-0.25, -0.2) is 0 Å². The average Bonchev–Trinajstić information content (AvgIpc) is 3.51. The predicted octanol–water partition coefficient (Wildman–Crippen LogP) is 10.1. The van der Waals surface area contributed by atoms with Crippen molar-refractivity contribution in [2.24, 2.45) is 0 Å². The fourth-order valence-corrected chi connectivity index (χ4v) is 5.54. The number of hydrogen-bond donors (Lipinski definition) is 0. The number of furan rings is 2. The lowest BCUT2D eigenvalue weighted by atomic mass is 10.0. The van der Waals surface area contributed by atoms with Gasteiger partial charge >= 0.3 is 0 Å². The van der Waals surface area contributed by atoms with Crippen molar-refractivity contribution >= 4 is 71.7 Å². The molecular weight excluding hydrogens is 454 g/mol. The Bertz CT molecular complexity index is 2100. The van der Waals surface area contributed by atoms with Gasteiger partial charge in [0.15, 0.2) is 0 Å². The SMILES string of the molecule is c1ccc(N(c2ccc3cc4c(cc3c2)oc2ccccc24)c2cccc3oc4ccccc4c23)cc1. The molecule has 8 aromatic rings. The van der Waals surface area contributed by atoms with Crippen LogP contribution >= 0.6 is 0 Å². The van der Waals surface area contributed by atoms with Crippen molar-refractivity contribution in [2.75, 3.05) is 4.90 Å². The van der Waals surface area contributed by atoms with E-state index >= 15 is 0 Å². The lowest BCUT2D eigenvalue weighted by Gasteiger charge is -2.26. The van der Waals surface area contributed by atoms with E-state index in [1.165, 1.54) is 5.39 Å². The fraction of sp³-hybridized carbons (Fsp3) is 0. The Hall–Kier alpha value is -5.02. The van der Waals surface area contributed by atoms with Crippen LogP contribution in [0, 0.1) is 0 Å². The highest BCUT2D eigenvalue weighted by atomic mass is 16.3. The summed E-state index contributed by atoms with van der Waals surface area (Å²) in [6, 6.07) is 44.3. The molecule has 37 heavy (non-hydrogen) atoms. The van der Waals surface area contributed by atoms with E-state index in [-0.39, 0.29) is 0 Å². The van der Waals surface area contributed by atoms with Crippen molar-refractivity contribution in [3.8, 4) is 0 Å². The number of anilines is 3. The summed E-state index contributed by atoms with van der Waals surface area (Å²) in [5.41, 5.74) is 6.83. The van der Waals surface area contributed by atoms with Crippen LogP contribution in [0.4, 0.5) is 17.1 Å². The Balaban J connectivity index is 1.40. The average molecular weight is 476 g/mol. The maximum absolute atomic E-state index is 6.22. The minimum Gasteiger partial charge on any atom is -0.456 e. The van der Waals surface area contributed by atoms with Gasteiger partial charge in [-0.05, 0) is 71.4 Å². The first kappa shape index (κ1) is 20.2. The Morgan fingerprint density at radius 1 is 0.405 bits per heavy atom. The zero-order valence-corrected chi connectivity index (χ0v) is 19.9. The van der Waals surface area contributed by atoms with Gasteiger partial charge in [-0.15, -0.1) is 0 Å². The monoisotopic (exact) mass is 475 g/mol. The number of fused-ring (bicyclic) bond motifs is 7. The number of rotatable bonds is 3. The van der Waals surface area contributed by atoms with Gasteiger partial charge in [-0.3, -0.25) is 0 Å². The third-order valence-electron chi connectivity index (χ3n) is 7.21. The molecule has 0 spiro atoms. The van der Waals surface area contributed by atoms with Crippen LogP contribution in [0.2, 0.25) is 0 Å². The number of para-hydroxylation sites is 3. The van der Waals surface area contributed by atoms with E-state index in [1.807, 2.05) is 36.4 Å². The molecule has 0 aliphatic carbocycles. The van der Waals surface area contributed by atoms with E-state index in [1.54, 1.807) is 0 Å². The molecule has 8 rings (SSSR count). The Morgan fingerprint density at radius 2 is 1.11 bits per heavy atom. The van der Waals surface area contributed by atoms with Gasteiger partial charge in [0.05, 0.1) is 11.1 Å². The molecule has 0 amide bonds. The third-order valence-corrected chi connectivity index (χ3v) is 7.21. The van der Waals surface area contributed by atoms with Crippen LogP contribution in [0.15, 0.2) is 136 Å². The second-order valence-corrected chi connectivity index (χ2v) is 9.40. The topological polar surface area (TPSA) is 29.5 Å². The van der Waals surface area contributed by atoms with E-state index in [4.69, 9.17) is 8.83 Å². The molecular formula is C34H21NO2. The molecule has 174 valence electrons. The number of nitrogens with zero attached hydrogens (tertiary/aromatic N) is 1. The summed E-state index contributed by atoms with van der Waals surface area (Å²) in [5, 5.41) is 6.82. The van der Waals surface area contributed by atoms with Crippen LogP contribution in [0.1, 0.15) is 0 Å². The van der Waals surface area contributed by atoms with Gasteiger partial charge < -0.3 is 13.7 Å². The first-order valence-electron chi connectivity index (χ1n) is 12.4. The van der Waals surface area contributed by atoms with Gasteiger partial charge in [-0.1, -0.05) is 66.7 Å². The Morgan fingerprint density at radius 3 is 1.97 bits per heavy atom. The molecule has 0 N–H and O–H groups in total. The van der Waals surface area contributed by atoms with Gasteiger partial charge in [0, 0.05) is 27.5 Å². The normalized spacial score (nSPS) is 11.8. The van der Waals surface area contributed by atoms with Crippen LogP contribution in [-0.4, -0.2) is 0 Å². The zero-order chi connectivity index (χ0) is 24.3. The Labute approximate surface area is 212 Å². The molecule has 0 radical (unpaired) electrons. The summed E-state index contributed by atoms with van der Waals surface area (Å²) in [7, 11) is 0. The summed E-state index contributed by atoms with van der Waals surface area (Å²) < 4.78 is 12.4. The third kappa shape index (κ3) is 3.08. The molecule has 0 bridgehead atoms. The lowest BCUT2D eigenvalue weighted by molar-refractivity contribution is 0.669. The zero-order valence-electron chi connectivity index (χ0n) is 19.9. The molecule has 0 aliphatic heterocycles. The van der Waals surface area contributed by atoms with E-state index in [0.717, 1.165) is 66.3 Å².